The highest BCUT2D eigenvalue weighted by Gasteiger charge is 2.50. The number of benzene rings is 2. The molecule has 1 spiro atoms. The van der Waals surface area contributed by atoms with Crippen LogP contribution in [0.3, 0.4) is 0 Å². The number of aryl methyl sites for hydroxylation is 1. The molecule has 3 aliphatic rings. The fraction of sp³-hybridized carbons (Fsp3) is 0.423. The molecule has 3 atom stereocenters. The van der Waals surface area contributed by atoms with E-state index in [0.29, 0.717) is 18.0 Å². The van der Waals surface area contributed by atoms with Crippen molar-refractivity contribution < 1.29 is 9.53 Å². The van der Waals surface area contributed by atoms with Crippen LogP contribution in [0.25, 0.3) is 11.0 Å². The van der Waals surface area contributed by atoms with Gasteiger partial charge in [-0.15, -0.1) is 0 Å². The van der Waals surface area contributed by atoms with Crippen molar-refractivity contribution in [2.75, 3.05) is 6.54 Å². The predicted octanol–water partition coefficient (Wildman–Crippen LogP) is 4.98. The van der Waals surface area contributed by atoms with Crippen molar-refractivity contribution in [1.29, 1.82) is 5.26 Å². The number of imidazole rings is 1. The maximum atomic E-state index is 13.0. The fourth-order valence-corrected chi connectivity index (χ4v) is 6.13. The highest BCUT2D eigenvalue weighted by molar-refractivity contribution is 5.77. The maximum Gasteiger partial charge on any atom is 0.411 e. The lowest BCUT2D eigenvalue weighted by molar-refractivity contribution is 0.00408. The number of carbonyl (C=O) groups is 1. The first-order chi connectivity index (χ1) is 15.6. The van der Waals surface area contributed by atoms with Crippen LogP contribution < -0.4 is 0 Å². The number of nitrogens with zero attached hydrogens (tertiary/aromatic N) is 4. The van der Waals surface area contributed by atoms with Gasteiger partial charge in [-0.2, -0.15) is 5.26 Å². The Labute approximate surface area is 187 Å². The van der Waals surface area contributed by atoms with E-state index >= 15 is 0 Å². The Morgan fingerprint density at radius 3 is 3.03 bits per heavy atom. The molecule has 2 aliphatic carbocycles. The Bertz CT molecular complexity index is 1240. The molecule has 0 N–H and O–H groups in total. The van der Waals surface area contributed by atoms with E-state index in [0.717, 1.165) is 56.1 Å². The molecule has 3 aromatic rings. The summed E-state index contributed by atoms with van der Waals surface area (Å²) >= 11 is 0. The molecule has 3 unspecified atom stereocenters. The van der Waals surface area contributed by atoms with Gasteiger partial charge < -0.3 is 9.30 Å². The molecule has 0 radical (unpaired) electrons. The molecule has 2 heterocycles. The summed E-state index contributed by atoms with van der Waals surface area (Å²) in [6.45, 7) is 1.52. The second-order valence-electron chi connectivity index (χ2n) is 9.61. The lowest BCUT2D eigenvalue weighted by Gasteiger charge is -2.36. The van der Waals surface area contributed by atoms with Gasteiger partial charge in [-0.1, -0.05) is 24.3 Å². The van der Waals surface area contributed by atoms with Gasteiger partial charge in [0.05, 0.1) is 41.6 Å². The molecule has 1 amide bonds. The highest BCUT2D eigenvalue weighted by atomic mass is 16.6. The van der Waals surface area contributed by atoms with Gasteiger partial charge in [0.1, 0.15) is 5.60 Å². The van der Waals surface area contributed by atoms with E-state index in [1.807, 2.05) is 29.4 Å². The maximum absolute atomic E-state index is 13.0. The quantitative estimate of drug-likeness (QED) is 0.592. The molecule has 2 aromatic carbocycles. The van der Waals surface area contributed by atoms with Crippen LogP contribution >= 0.6 is 0 Å². The second-order valence-corrected chi connectivity index (χ2v) is 9.61. The first-order valence-corrected chi connectivity index (χ1v) is 11.6. The summed E-state index contributed by atoms with van der Waals surface area (Å²) in [5.41, 5.74) is 4.82. The molecule has 2 fully saturated rings. The van der Waals surface area contributed by atoms with Crippen molar-refractivity contribution in [2.45, 2.75) is 56.7 Å². The van der Waals surface area contributed by atoms with Crippen LogP contribution in [0.15, 0.2) is 48.8 Å². The number of rotatable bonds is 3. The minimum atomic E-state index is -0.383. The van der Waals surface area contributed by atoms with Gasteiger partial charge in [0, 0.05) is 6.54 Å². The molecule has 6 heteroatoms. The van der Waals surface area contributed by atoms with Crippen LogP contribution in [0, 0.1) is 17.2 Å². The molecular formula is C26H26N4O2. The lowest BCUT2D eigenvalue weighted by Crippen LogP contribution is -2.41. The van der Waals surface area contributed by atoms with Crippen LogP contribution in [0.2, 0.25) is 0 Å². The topological polar surface area (TPSA) is 71.2 Å². The number of aromatic nitrogens is 2. The van der Waals surface area contributed by atoms with Gasteiger partial charge >= 0.3 is 6.09 Å². The van der Waals surface area contributed by atoms with Crippen LogP contribution in [-0.4, -0.2) is 32.7 Å². The number of carbonyl (C=O) groups excluding carboxylic acids is 1. The zero-order chi connectivity index (χ0) is 21.7. The number of hydrogen-bond acceptors (Lipinski definition) is 4. The van der Waals surface area contributed by atoms with E-state index in [4.69, 9.17) is 4.74 Å². The zero-order valence-electron chi connectivity index (χ0n) is 18.0. The van der Waals surface area contributed by atoms with Gasteiger partial charge in [-0.3, -0.25) is 4.90 Å². The van der Waals surface area contributed by atoms with Crippen LogP contribution in [0.4, 0.5) is 4.79 Å². The molecule has 0 bridgehead atoms. The Kier molecular flexibility index (Phi) is 4.46. The molecule has 32 heavy (non-hydrogen) atoms. The number of hydrogen-bond donors (Lipinski definition) is 0. The van der Waals surface area contributed by atoms with Crippen molar-refractivity contribution in [3.63, 3.8) is 0 Å². The third kappa shape index (κ3) is 3.15. The monoisotopic (exact) mass is 426 g/mol. The van der Waals surface area contributed by atoms with Crippen molar-refractivity contribution >= 4 is 17.1 Å². The Morgan fingerprint density at radius 2 is 2.12 bits per heavy atom. The molecule has 162 valence electrons. The average molecular weight is 427 g/mol. The van der Waals surface area contributed by atoms with Crippen molar-refractivity contribution in [3.05, 3.63) is 65.5 Å². The largest absolute Gasteiger partial charge is 0.441 e. The standard InChI is InChI=1S/C26H26N4O2/c27-14-18-7-9-22-24(12-18)29(17-28-22)15-19-4-3-11-26(13-19)16-30(25(31)32-26)23-10-8-20-5-1-2-6-21(20)23/h1-2,5-7,9,12,17,19,23H,3-4,8,10-11,13,15-16H2. The smallest absolute Gasteiger partial charge is 0.411 e. The van der Waals surface area contributed by atoms with E-state index in [1.165, 1.54) is 11.1 Å². The van der Waals surface area contributed by atoms with Gasteiger partial charge in [-0.25, -0.2) is 9.78 Å². The lowest BCUT2D eigenvalue weighted by atomic mass is 9.77. The Hall–Kier alpha value is -3.33. The molecule has 1 saturated heterocycles. The molecular weight excluding hydrogens is 400 g/mol. The summed E-state index contributed by atoms with van der Waals surface area (Å²) in [4.78, 5) is 19.5. The van der Waals surface area contributed by atoms with Crippen molar-refractivity contribution in [1.82, 2.24) is 14.5 Å². The third-order valence-electron chi connectivity index (χ3n) is 7.58. The highest BCUT2D eigenvalue weighted by Crippen LogP contribution is 2.45. The number of ether oxygens (including phenoxy) is 1. The third-order valence-corrected chi connectivity index (χ3v) is 7.58. The van der Waals surface area contributed by atoms with E-state index in [2.05, 4.69) is 39.9 Å². The summed E-state index contributed by atoms with van der Waals surface area (Å²) in [5, 5.41) is 9.25. The van der Waals surface area contributed by atoms with E-state index in [-0.39, 0.29) is 17.7 Å². The van der Waals surface area contributed by atoms with Gasteiger partial charge in [0.15, 0.2) is 0 Å². The van der Waals surface area contributed by atoms with Crippen LogP contribution in [0.5, 0.6) is 0 Å². The SMILES string of the molecule is N#Cc1ccc2ncn(CC3CCCC4(C3)CN(C3CCc5ccccc53)C(=O)O4)c2c1. The first-order valence-electron chi connectivity index (χ1n) is 11.6. The van der Waals surface area contributed by atoms with E-state index in [1.54, 1.807) is 0 Å². The second kappa shape index (κ2) is 7.37. The summed E-state index contributed by atoms with van der Waals surface area (Å²) in [5.74, 6) is 0.413. The molecule has 1 aromatic heterocycles. The molecule has 1 aliphatic heterocycles. The molecule has 6 nitrogen and oxygen atoms in total. The zero-order valence-corrected chi connectivity index (χ0v) is 18.0. The van der Waals surface area contributed by atoms with Crippen molar-refractivity contribution in [2.24, 2.45) is 5.92 Å². The number of fused-ring (bicyclic) bond motifs is 2. The summed E-state index contributed by atoms with van der Waals surface area (Å²) in [7, 11) is 0. The summed E-state index contributed by atoms with van der Waals surface area (Å²) < 4.78 is 8.28. The van der Waals surface area contributed by atoms with E-state index in [9.17, 15) is 10.1 Å². The first kappa shape index (κ1) is 19.4. The summed E-state index contributed by atoms with van der Waals surface area (Å²) in [6, 6.07) is 16.5. The van der Waals surface area contributed by atoms with Gasteiger partial charge in [0.25, 0.3) is 0 Å². The molecule has 1 saturated carbocycles. The van der Waals surface area contributed by atoms with E-state index < -0.39 is 0 Å². The number of amides is 1. The fourth-order valence-electron chi connectivity index (χ4n) is 6.13. The number of nitriles is 1. The molecule has 6 rings (SSSR count). The minimum Gasteiger partial charge on any atom is -0.441 e. The van der Waals surface area contributed by atoms with Gasteiger partial charge in [-0.05, 0) is 73.8 Å². The normalized spacial score (nSPS) is 27.0. The Balaban J connectivity index is 1.21. The summed E-state index contributed by atoms with van der Waals surface area (Å²) in [6.07, 6.45) is 7.71. The van der Waals surface area contributed by atoms with Crippen molar-refractivity contribution in [3.8, 4) is 6.07 Å². The van der Waals surface area contributed by atoms with Crippen LogP contribution in [-0.2, 0) is 17.7 Å². The Morgan fingerprint density at radius 1 is 1.22 bits per heavy atom. The predicted molar refractivity (Wildman–Crippen MR) is 120 cm³/mol. The minimum absolute atomic E-state index is 0.139. The average Bonchev–Trinajstić information content (AvgIpc) is 3.49. The van der Waals surface area contributed by atoms with Crippen LogP contribution in [0.1, 0.15) is 54.8 Å². The van der Waals surface area contributed by atoms with Gasteiger partial charge in [0.2, 0.25) is 0 Å².